The van der Waals surface area contributed by atoms with E-state index in [4.69, 9.17) is 16.3 Å². The maximum absolute atomic E-state index is 12.0. The summed E-state index contributed by atoms with van der Waals surface area (Å²) in [6, 6.07) is 15.3. The Morgan fingerprint density at radius 1 is 1.13 bits per heavy atom. The lowest BCUT2D eigenvalue weighted by molar-refractivity contribution is 0.0827. The second-order valence-corrected chi connectivity index (χ2v) is 8.32. The van der Waals surface area contributed by atoms with Crippen LogP contribution < -0.4 is 0 Å². The number of carbonyl (C=O) groups excluding carboxylic acids is 1. The molecule has 0 aliphatic carbocycles. The first-order chi connectivity index (χ1) is 14.5. The summed E-state index contributed by atoms with van der Waals surface area (Å²) in [5, 5.41) is 10.3. The van der Waals surface area contributed by atoms with Gasteiger partial charge in [0, 0.05) is 51.2 Å². The number of benzene rings is 2. The topological polar surface area (TPSA) is 60.2 Å². The van der Waals surface area contributed by atoms with Gasteiger partial charge in [-0.1, -0.05) is 47.6 Å². The van der Waals surface area contributed by atoms with Crippen LogP contribution in [0.4, 0.5) is 0 Å². The third-order valence-corrected chi connectivity index (χ3v) is 5.90. The number of amides is 1. The second kappa shape index (κ2) is 10.6. The Balaban J connectivity index is 1.78. The average Bonchev–Trinajstić information content (AvgIpc) is 3.15. The highest BCUT2D eigenvalue weighted by atomic mass is 35.5. The minimum absolute atomic E-state index is 0.00327. The summed E-state index contributed by atoms with van der Waals surface area (Å²) in [5.74, 6) is 1.48. The molecule has 0 atom stereocenters. The van der Waals surface area contributed by atoms with Gasteiger partial charge in [-0.15, -0.1) is 10.2 Å². The van der Waals surface area contributed by atoms with Crippen LogP contribution >= 0.6 is 23.4 Å². The summed E-state index contributed by atoms with van der Waals surface area (Å²) >= 11 is 8.00. The number of halogens is 1. The van der Waals surface area contributed by atoms with Gasteiger partial charge in [0.1, 0.15) is 0 Å². The van der Waals surface area contributed by atoms with E-state index >= 15 is 0 Å². The number of hydrogen-bond donors (Lipinski definition) is 0. The minimum atomic E-state index is -0.00327. The van der Waals surface area contributed by atoms with Crippen LogP contribution in [-0.4, -0.2) is 53.4 Å². The highest BCUT2D eigenvalue weighted by molar-refractivity contribution is 7.98. The third-order valence-electron chi connectivity index (χ3n) is 4.54. The molecule has 0 saturated heterocycles. The molecule has 6 nitrogen and oxygen atoms in total. The Bertz CT molecular complexity index is 989. The van der Waals surface area contributed by atoms with E-state index in [1.54, 1.807) is 37.9 Å². The smallest absolute Gasteiger partial charge is 0.253 e. The molecule has 2 aromatic carbocycles. The molecular weight excluding hydrogens is 420 g/mol. The number of ether oxygens (including phenoxy) is 1. The highest BCUT2D eigenvalue weighted by Gasteiger charge is 2.16. The van der Waals surface area contributed by atoms with E-state index in [2.05, 4.69) is 14.8 Å². The van der Waals surface area contributed by atoms with Crippen LogP contribution in [0.15, 0.2) is 53.7 Å². The molecule has 3 aromatic rings. The monoisotopic (exact) mass is 444 g/mol. The fraction of sp³-hybridized carbons (Fsp3) is 0.318. The summed E-state index contributed by atoms with van der Waals surface area (Å²) < 4.78 is 7.30. The van der Waals surface area contributed by atoms with Crippen LogP contribution in [0.25, 0.3) is 11.4 Å². The standard InChI is InChI=1S/C22H25ClN4O2S/c1-26(2)21(28)17-11-9-16(10-12-17)15-30-22-25-24-20(27(22)13-6-14-29-3)18-7-4-5-8-19(18)23/h4-5,7-12H,6,13-15H2,1-3H3. The van der Waals surface area contributed by atoms with E-state index in [0.717, 1.165) is 40.8 Å². The van der Waals surface area contributed by atoms with Gasteiger partial charge in [0.2, 0.25) is 0 Å². The summed E-state index contributed by atoms with van der Waals surface area (Å²) in [6.07, 6.45) is 0.848. The largest absolute Gasteiger partial charge is 0.385 e. The Kier molecular flexibility index (Phi) is 7.90. The Labute approximate surface area is 186 Å². The van der Waals surface area contributed by atoms with Gasteiger partial charge in [-0.3, -0.25) is 4.79 Å². The summed E-state index contributed by atoms with van der Waals surface area (Å²) in [4.78, 5) is 13.6. The fourth-order valence-electron chi connectivity index (χ4n) is 2.96. The number of thioether (sulfide) groups is 1. The van der Waals surface area contributed by atoms with Crippen molar-refractivity contribution in [2.45, 2.75) is 23.9 Å². The van der Waals surface area contributed by atoms with Crippen molar-refractivity contribution in [3.05, 3.63) is 64.7 Å². The molecule has 1 amide bonds. The molecule has 1 aromatic heterocycles. The van der Waals surface area contributed by atoms with Crippen molar-refractivity contribution in [3.63, 3.8) is 0 Å². The first-order valence-corrected chi connectivity index (χ1v) is 11.0. The fourth-order valence-corrected chi connectivity index (χ4v) is 4.10. The zero-order valence-corrected chi connectivity index (χ0v) is 18.9. The first-order valence-electron chi connectivity index (χ1n) is 9.61. The first kappa shape index (κ1) is 22.3. The number of methoxy groups -OCH3 is 1. The molecule has 0 bridgehead atoms. The molecule has 0 N–H and O–H groups in total. The van der Waals surface area contributed by atoms with Gasteiger partial charge in [-0.05, 0) is 36.2 Å². The molecule has 0 aliphatic heterocycles. The molecule has 0 aliphatic rings. The van der Waals surface area contributed by atoms with Gasteiger partial charge in [0.05, 0.1) is 5.02 Å². The molecule has 0 saturated carbocycles. The SMILES string of the molecule is COCCCn1c(SCc2ccc(C(=O)N(C)C)cc2)nnc1-c1ccccc1Cl. The van der Waals surface area contributed by atoms with Crippen molar-refractivity contribution in [1.29, 1.82) is 0 Å². The van der Waals surface area contributed by atoms with Crippen LogP contribution in [0.5, 0.6) is 0 Å². The van der Waals surface area contributed by atoms with Crippen LogP contribution in [0.3, 0.4) is 0 Å². The van der Waals surface area contributed by atoms with Crippen molar-refractivity contribution >= 4 is 29.3 Å². The molecule has 0 fully saturated rings. The minimum Gasteiger partial charge on any atom is -0.385 e. The van der Waals surface area contributed by atoms with E-state index < -0.39 is 0 Å². The normalized spacial score (nSPS) is 10.9. The molecular formula is C22H25ClN4O2S. The number of nitrogens with zero attached hydrogens (tertiary/aromatic N) is 4. The van der Waals surface area contributed by atoms with Crippen molar-refractivity contribution in [2.24, 2.45) is 0 Å². The number of rotatable bonds is 9. The summed E-state index contributed by atoms with van der Waals surface area (Å²) in [5.41, 5.74) is 2.65. The number of carbonyl (C=O) groups is 1. The molecule has 1 heterocycles. The van der Waals surface area contributed by atoms with Crippen LogP contribution in [0.2, 0.25) is 5.02 Å². The van der Waals surface area contributed by atoms with E-state index in [-0.39, 0.29) is 5.91 Å². The van der Waals surface area contributed by atoms with Crippen LogP contribution in [0.1, 0.15) is 22.3 Å². The molecule has 0 radical (unpaired) electrons. The Morgan fingerprint density at radius 2 is 1.87 bits per heavy atom. The van der Waals surface area contributed by atoms with Gasteiger partial charge in [0.15, 0.2) is 11.0 Å². The Hall–Kier alpha value is -2.35. The van der Waals surface area contributed by atoms with Gasteiger partial charge in [0.25, 0.3) is 5.91 Å². The van der Waals surface area contributed by atoms with Crippen molar-refractivity contribution < 1.29 is 9.53 Å². The predicted molar refractivity (Wildman–Crippen MR) is 121 cm³/mol. The molecule has 30 heavy (non-hydrogen) atoms. The molecule has 158 valence electrons. The summed E-state index contributed by atoms with van der Waals surface area (Å²) in [6.45, 7) is 1.39. The zero-order chi connectivity index (χ0) is 21.5. The lowest BCUT2D eigenvalue weighted by Crippen LogP contribution is -2.21. The van der Waals surface area contributed by atoms with E-state index in [0.29, 0.717) is 17.2 Å². The van der Waals surface area contributed by atoms with Gasteiger partial charge >= 0.3 is 0 Å². The van der Waals surface area contributed by atoms with Gasteiger partial charge < -0.3 is 14.2 Å². The number of aromatic nitrogens is 3. The van der Waals surface area contributed by atoms with Crippen molar-refractivity contribution in [2.75, 3.05) is 27.8 Å². The van der Waals surface area contributed by atoms with Gasteiger partial charge in [-0.25, -0.2) is 0 Å². The quantitative estimate of drug-likeness (QED) is 0.355. The zero-order valence-electron chi connectivity index (χ0n) is 17.3. The van der Waals surface area contributed by atoms with Crippen LogP contribution in [-0.2, 0) is 17.0 Å². The predicted octanol–water partition coefficient (Wildman–Crippen LogP) is 4.63. The average molecular weight is 445 g/mol. The second-order valence-electron chi connectivity index (χ2n) is 6.97. The highest BCUT2D eigenvalue weighted by Crippen LogP contribution is 2.30. The lowest BCUT2D eigenvalue weighted by atomic mass is 10.1. The molecule has 3 rings (SSSR count). The van der Waals surface area contributed by atoms with Gasteiger partial charge in [-0.2, -0.15) is 0 Å². The summed E-state index contributed by atoms with van der Waals surface area (Å²) in [7, 11) is 5.19. The van der Waals surface area contributed by atoms with E-state index in [9.17, 15) is 4.79 Å². The molecule has 0 spiro atoms. The Morgan fingerprint density at radius 3 is 2.53 bits per heavy atom. The molecule has 8 heteroatoms. The molecule has 0 unspecified atom stereocenters. The lowest BCUT2D eigenvalue weighted by Gasteiger charge is -2.12. The van der Waals surface area contributed by atoms with Crippen LogP contribution in [0, 0.1) is 0 Å². The van der Waals surface area contributed by atoms with Crippen molar-refractivity contribution in [1.82, 2.24) is 19.7 Å². The maximum Gasteiger partial charge on any atom is 0.253 e. The van der Waals surface area contributed by atoms with E-state index in [1.807, 2.05) is 48.5 Å². The van der Waals surface area contributed by atoms with E-state index in [1.165, 1.54) is 0 Å². The third kappa shape index (κ3) is 5.41. The number of hydrogen-bond acceptors (Lipinski definition) is 5. The maximum atomic E-state index is 12.0. The van der Waals surface area contributed by atoms with Crippen molar-refractivity contribution in [3.8, 4) is 11.4 Å².